The molecule has 134 valence electrons. The second-order valence-electron chi connectivity index (χ2n) is 5.82. The Labute approximate surface area is 148 Å². The molecule has 25 heavy (non-hydrogen) atoms. The smallest absolute Gasteiger partial charge is 0.357 e. The van der Waals surface area contributed by atoms with Crippen LogP contribution in [0, 0.1) is 0 Å². The van der Waals surface area contributed by atoms with Crippen LogP contribution in [-0.2, 0) is 12.7 Å². The Bertz CT molecular complexity index is 727. The summed E-state index contributed by atoms with van der Waals surface area (Å²) < 4.78 is 37.8. The van der Waals surface area contributed by atoms with Gasteiger partial charge in [0.2, 0.25) is 0 Å². The van der Waals surface area contributed by atoms with E-state index in [0.29, 0.717) is 29.5 Å². The molecule has 0 radical (unpaired) electrons. The molecule has 0 saturated heterocycles. The fraction of sp³-hybridized carbons (Fsp3) is 0.412. The molecule has 0 bridgehead atoms. The average Bonchev–Trinajstić information content (AvgIpc) is 3.16. The maximum atomic E-state index is 12.6. The highest BCUT2D eigenvalue weighted by molar-refractivity contribution is 7.09. The van der Waals surface area contributed by atoms with Crippen LogP contribution in [0.4, 0.5) is 13.2 Å². The van der Waals surface area contributed by atoms with Crippen molar-refractivity contribution in [3.63, 3.8) is 0 Å². The Kier molecular flexibility index (Phi) is 5.27. The number of rotatable bonds is 5. The molecule has 1 aliphatic rings. The molecule has 1 aromatic heterocycles. The van der Waals surface area contributed by atoms with Crippen LogP contribution >= 0.6 is 11.3 Å². The number of aromatic nitrogens is 1. The van der Waals surface area contributed by atoms with Crippen molar-refractivity contribution >= 4 is 17.3 Å². The first-order chi connectivity index (χ1) is 12.0. The van der Waals surface area contributed by atoms with Crippen LogP contribution in [0.5, 0.6) is 0 Å². The second kappa shape index (κ2) is 7.43. The molecule has 0 spiro atoms. The van der Waals surface area contributed by atoms with Gasteiger partial charge in [-0.2, -0.15) is 13.2 Å². The summed E-state index contributed by atoms with van der Waals surface area (Å²) in [6.07, 6.45) is -3.39. The minimum atomic E-state index is -4.40. The summed E-state index contributed by atoms with van der Waals surface area (Å²) in [6, 6.07) is 10.5. The van der Waals surface area contributed by atoms with Crippen molar-refractivity contribution in [2.24, 2.45) is 4.99 Å². The van der Waals surface area contributed by atoms with Gasteiger partial charge in [-0.05, 0) is 18.9 Å². The van der Waals surface area contributed by atoms with Crippen LogP contribution < -0.4 is 10.6 Å². The molecule has 4 nitrogen and oxygen atoms in total. The van der Waals surface area contributed by atoms with E-state index in [2.05, 4.69) is 32.7 Å². The van der Waals surface area contributed by atoms with Crippen molar-refractivity contribution in [2.45, 2.75) is 38.0 Å². The molecule has 1 saturated carbocycles. The number of benzene rings is 1. The van der Waals surface area contributed by atoms with E-state index in [0.717, 1.165) is 23.1 Å². The van der Waals surface area contributed by atoms with Crippen molar-refractivity contribution in [2.75, 3.05) is 6.54 Å². The molecule has 2 unspecified atom stereocenters. The van der Waals surface area contributed by atoms with Gasteiger partial charge >= 0.3 is 6.18 Å². The average molecular weight is 368 g/mol. The maximum absolute atomic E-state index is 12.6. The van der Waals surface area contributed by atoms with Crippen LogP contribution in [0.2, 0.25) is 0 Å². The maximum Gasteiger partial charge on any atom is 0.434 e. The van der Waals surface area contributed by atoms with Crippen molar-refractivity contribution < 1.29 is 13.2 Å². The van der Waals surface area contributed by atoms with Gasteiger partial charge in [0, 0.05) is 23.9 Å². The number of thiazole rings is 1. The zero-order chi connectivity index (χ0) is 17.9. The van der Waals surface area contributed by atoms with Gasteiger partial charge in [-0.3, -0.25) is 0 Å². The lowest BCUT2D eigenvalue weighted by atomic mass is 10.1. The molecular weight excluding hydrogens is 349 g/mol. The molecule has 8 heteroatoms. The Morgan fingerprint density at radius 3 is 2.72 bits per heavy atom. The van der Waals surface area contributed by atoms with E-state index in [1.54, 1.807) is 0 Å². The number of aliphatic imine (C=N–C) groups is 1. The monoisotopic (exact) mass is 368 g/mol. The summed E-state index contributed by atoms with van der Waals surface area (Å²) >= 11 is 0.975. The molecule has 0 aliphatic heterocycles. The molecule has 2 N–H and O–H groups in total. The molecule has 3 rings (SSSR count). The van der Waals surface area contributed by atoms with Crippen molar-refractivity contribution in [1.29, 1.82) is 0 Å². The van der Waals surface area contributed by atoms with Gasteiger partial charge in [0.05, 0.1) is 6.54 Å². The zero-order valence-corrected chi connectivity index (χ0v) is 14.5. The van der Waals surface area contributed by atoms with Gasteiger partial charge in [0.15, 0.2) is 11.7 Å². The van der Waals surface area contributed by atoms with Crippen LogP contribution in [-0.4, -0.2) is 23.5 Å². The molecular formula is C17H19F3N4S. The number of nitrogens with one attached hydrogen (secondary N) is 2. The molecule has 1 aromatic carbocycles. The third kappa shape index (κ3) is 4.72. The predicted molar refractivity (Wildman–Crippen MR) is 92.7 cm³/mol. The number of hydrogen-bond acceptors (Lipinski definition) is 3. The van der Waals surface area contributed by atoms with E-state index in [4.69, 9.17) is 0 Å². The molecule has 0 amide bonds. The first-order valence-electron chi connectivity index (χ1n) is 8.08. The Morgan fingerprint density at radius 2 is 2.08 bits per heavy atom. The van der Waals surface area contributed by atoms with Gasteiger partial charge in [0.1, 0.15) is 5.01 Å². The topological polar surface area (TPSA) is 49.3 Å². The second-order valence-corrected chi connectivity index (χ2v) is 6.77. The van der Waals surface area contributed by atoms with E-state index in [-0.39, 0.29) is 6.54 Å². The van der Waals surface area contributed by atoms with E-state index in [1.165, 1.54) is 5.56 Å². The first kappa shape index (κ1) is 17.7. The molecule has 1 aliphatic carbocycles. The molecule has 1 fully saturated rings. The Morgan fingerprint density at radius 1 is 1.32 bits per heavy atom. The SMILES string of the molecule is CCNC(=NCc1nc(C(F)(F)F)cs1)NC1CC1c1ccccc1. The Hall–Kier alpha value is -2.09. The lowest BCUT2D eigenvalue weighted by Gasteiger charge is -2.11. The summed E-state index contributed by atoms with van der Waals surface area (Å²) in [7, 11) is 0. The summed E-state index contributed by atoms with van der Waals surface area (Å²) in [6.45, 7) is 2.75. The minimum Gasteiger partial charge on any atom is -0.357 e. The molecule has 1 heterocycles. The highest BCUT2D eigenvalue weighted by atomic mass is 32.1. The summed E-state index contributed by atoms with van der Waals surface area (Å²) in [5, 5.41) is 7.84. The number of nitrogens with zero attached hydrogens (tertiary/aromatic N) is 2. The summed E-state index contributed by atoms with van der Waals surface area (Å²) in [5.41, 5.74) is 0.428. The molecule has 2 atom stereocenters. The van der Waals surface area contributed by atoms with Crippen LogP contribution in [0.25, 0.3) is 0 Å². The van der Waals surface area contributed by atoms with E-state index in [1.807, 2.05) is 25.1 Å². The third-order valence-corrected chi connectivity index (χ3v) is 4.73. The van der Waals surface area contributed by atoms with E-state index >= 15 is 0 Å². The van der Waals surface area contributed by atoms with Gasteiger partial charge in [-0.25, -0.2) is 9.98 Å². The predicted octanol–water partition coefficient (Wildman–Crippen LogP) is 3.77. The highest BCUT2D eigenvalue weighted by Gasteiger charge is 2.39. The number of guanidine groups is 1. The standard InChI is InChI=1S/C17H19F3N4S/c1-2-21-16(22-9-15-24-14(10-25-15)17(18,19)20)23-13-8-12(13)11-6-4-3-5-7-11/h3-7,10,12-13H,2,8-9H2,1H3,(H2,21,22,23). The van der Waals surface area contributed by atoms with Crippen LogP contribution in [0.1, 0.15) is 35.5 Å². The quantitative estimate of drug-likeness (QED) is 0.624. The largest absolute Gasteiger partial charge is 0.434 e. The molecule has 2 aromatic rings. The van der Waals surface area contributed by atoms with Crippen LogP contribution in [0.3, 0.4) is 0 Å². The van der Waals surface area contributed by atoms with Gasteiger partial charge in [-0.15, -0.1) is 11.3 Å². The highest BCUT2D eigenvalue weighted by Crippen LogP contribution is 2.40. The van der Waals surface area contributed by atoms with Crippen molar-refractivity contribution in [3.05, 3.63) is 52.0 Å². The van der Waals surface area contributed by atoms with E-state index in [9.17, 15) is 13.2 Å². The number of halogens is 3. The fourth-order valence-electron chi connectivity index (χ4n) is 2.58. The zero-order valence-electron chi connectivity index (χ0n) is 13.7. The van der Waals surface area contributed by atoms with Crippen LogP contribution in [0.15, 0.2) is 40.7 Å². The first-order valence-corrected chi connectivity index (χ1v) is 8.96. The van der Waals surface area contributed by atoms with Crippen molar-refractivity contribution in [1.82, 2.24) is 15.6 Å². The van der Waals surface area contributed by atoms with Gasteiger partial charge < -0.3 is 10.6 Å². The summed E-state index contributed by atoms with van der Waals surface area (Å²) in [5.74, 6) is 1.05. The van der Waals surface area contributed by atoms with E-state index < -0.39 is 11.9 Å². The number of alkyl halides is 3. The number of hydrogen-bond donors (Lipinski definition) is 2. The van der Waals surface area contributed by atoms with Crippen molar-refractivity contribution in [3.8, 4) is 0 Å². The lowest BCUT2D eigenvalue weighted by molar-refractivity contribution is -0.140. The third-order valence-electron chi connectivity index (χ3n) is 3.90. The van der Waals surface area contributed by atoms with Gasteiger partial charge in [0.25, 0.3) is 0 Å². The fourth-order valence-corrected chi connectivity index (χ4v) is 3.30. The van der Waals surface area contributed by atoms with Gasteiger partial charge in [-0.1, -0.05) is 30.3 Å². The summed E-state index contributed by atoms with van der Waals surface area (Å²) in [4.78, 5) is 7.96. The minimum absolute atomic E-state index is 0.124. The normalized spacial score (nSPS) is 20.4. The lowest BCUT2D eigenvalue weighted by Crippen LogP contribution is -2.39. The Balaban J connectivity index is 1.60.